The minimum atomic E-state index is -0.125. The molecular formula is C17H23N3O. The van der Waals surface area contributed by atoms with Gasteiger partial charge < -0.3 is 4.74 Å². The lowest BCUT2D eigenvalue weighted by Gasteiger charge is -2.22. The second-order valence-electron chi connectivity index (χ2n) is 5.49. The van der Waals surface area contributed by atoms with Gasteiger partial charge in [0.1, 0.15) is 5.75 Å². The maximum atomic E-state index is 5.90. The number of aromatic nitrogens is 1. The number of nitrogens with one attached hydrogen (secondary N) is 1. The van der Waals surface area contributed by atoms with Gasteiger partial charge in [-0.25, -0.2) is 5.43 Å². The van der Waals surface area contributed by atoms with E-state index < -0.39 is 0 Å². The maximum Gasteiger partial charge on any atom is 0.124 e. The van der Waals surface area contributed by atoms with Crippen LogP contribution in [-0.4, -0.2) is 11.1 Å². The Morgan fingerprint density at radius 3 is 2.29 bits per heavy atom. The summed E-state index contributed by atoms with van der Waals surface area (Å²) < 4.78 is 5.90. The van der Waals surface area contributed by atoms with Crippen molar-refractivity contribution in [1.82, 2.24) is 10.4 Å². The van der Waals surface area contributed by atoms with E-state index in [1.807, 2.05) is 64.1 Å². The van der Waals surface area contributed by atoms with Gasteiger partial charge in [0.2, 0.25) is 0 Å². The first-order valence-corrected chi connectivity index (χ1v) is 7.18. The molecule has 0 bridgehead atoms. The molecule has 0 saturated carbocycles. The summed E-state index contributed by atoms with van der Waals surface area (Å²) in [5.41, 5.74) is 6.97. The van der Waals surface area contributed by atoms with Crippen LogP contribution in [-0.2, 0) is 0 Å². The maximum absolute atomic E-state index is 5.90. The lowest BCUT2D eigenvalue weighted by atomic mass is 9.98. The van der Waals surface area contributed by atoms with Gasteiger partial charge in [0, 0.05) is 17.0 Å². The van der Waals surface area contributed by atoms with Gasteiger partial charge in [-0.05, 0) is 51.5 Å². The molecule has 1 aromatic heterocycles. The largest absolute Gasteiger partial charge is 0.491 e. The number of hydrazine groups is 1. The molecule has 0 amide bonds. The highest BCUT2D eigenvalue weighted by atomic mass is 16.5. The first-order chi connectivity index (χ1) is 10.0. The normalized spacial score (nSPS) is 12.5. The summed E-state index contributed by atoms with van der Waals surface area (Å²) in [5, 5.41) is 0. The van der Waals surface area contributed by atoms with Crippen LogP contribution in [0.4, 0.5) is 0 Å². The molecule has 0 aliphatic carbocycles. The van der Waals surface area contributed by atoms with E-state index in [2.05, 4.69) is 10.4 Å². The minimum Gasteiger partial charge on any atom is -0.491 e. The molecule has 0 spiro atoms. The van der Waals surface area contributed by atoms with Crippen LogP contribution in [0, 0.1) is 13.8 Å². The SMILES string of the molecule is Cc1cc(C(NN)c2ccccc2OC(C)C)cc(C)n1. The molecule has 2 rings (SSSR count). The van der Waals surface area contributed by atoms with Gasteiger partial charge in [-0.1, -0.05) is 18.2 Å². The Morgan fingerprint density at radius 1 is 1.10 bits per heavy atom. The molecule has 0 aliphatic rings. The molecule has 2 aromatic rings. The van der Waals surface area contributed by atoms with Crippen molar-refractivity contribution in [3.05, 3.63) is 58.9 Å². The van der Waals surface area contributed by atoms with E-state index in [1.165, 1.54) is 0 Å². The van der Waals surface area contributed by atoms with Crippen molar-refractivity contribution >= 4 is 0 Å². The smallest absolute Gasteiger partial charge is 0.124 e. The molecule has 4 nitrogen and oxygen atoms in total. The summed E-state index contributed by atoms with van der Waals surface area (Å²) >= 11 is 0. The quantitative estimate of drug-likeness (QED) is 0.655. The third-order valence-corrected chi connectivity index (χ3v) is 3.20. The van der Waals surface area contributed by atoms with Crippen LogP contribution in [0.5, 0.6) is 5.75 Å². The van der Waals surface area contributed by atoms with E-state index in [0.717, 1.165) is 28.3 Å². The zero-order chi connectivity index (χ0) is 15.4. The molecule has 21 heavy (non-hydrogen) atoms. The zero-order valence-corrected chi connectivity index (χ0v) is 13.1. The topological polar surface area (TPSA) is 60.2 Å². The fraction of sp³-hybridized carbons (Fsp3) is 0.353. The van der Waals surface area contributed by atoms with E-state index in [0.29, 0.717) is 0 Å². The number of ether oxygens (including phenoxy) is 1. The van der Waals surface area contributed by atoms with E-state index in [1.54, 1.807) is 0 Å². The number of nitrogens with two attached hydrogens (primary N) is 1. The zero-order valence-electron chi connectivity index (χ0n) is 13.1. The standard InChI is InChI=1S/C17H23N3O/c1-11(2)21-16-8-6-5-7-15(16)17(20-18)14-9-12(3)19-13(4)10-14/h5-11,17,20H,18H2,1-4H3. The van der Waals surface area contributed by atoms with E-state index in [9.17, 15) is 0 Å². The molecule has 0 aliphatic heterocycles. The van der Waals surface area contributed by atoms with Crippen molar-refractivity contribution in [3.8, 4) is 5.75 Å². The summed E-state index contributed by atoms with van der Waals surface area (Å²) in [5.74, 6) is 6.66. The van der Waals surface area contributed by atoms with Gasteiger partial charge in [-0.15, -0.1) is 0 Å². The lowest BCUT2D eigenvalue weighted by molar-refractivity contribution is 0.238. The highest BCUT2D eigenvalue weighted by Gasteiger charge is 2.18. The molecular weight excluding hydrogens is 262 g/mol. The first kappa shape index (κ1) is 15.5. The molecule has 1 unspecified atom stereocenters. The van der Waals surface area contributed by atoms with Crippen LogP contribution in [0.25, 0.3) is 0 Å². The Morgan fingerprint density at radius 2 is 1.71 bits per heavy atom. The minimum absolute atomic E-state index is 0.116. The van der Waals surface area contributed by atoms with Gasteiger partial charge in [0.05, 0.1) is 12.1 Å². The number of rotatable bonds is 5. The van der Waals surface area contributed by atoms with Gasteiger partial charge in [0.25, 0.3) is 0 Å². The molecule has 1 atom stereocenters. The number of benzene rings is 1. The lowest BCUT2D eigenvalue weighted by Crippen LogP contribution is -2.29. The van der Waals surface area contributed by atoms with Crippen molar-refractivity contribution in [3.63, 3.8) is 0 Å². The average Bonchev–Trinajstić information content (AvgIpc) is 2.40. The molecule has 112 valence electrons. The van der Waals surface area contributed by atoms with Gasteiger partial charge in [0.15, 0.2) is 0 Å². The number of pyridine rings is 1. The van der Waals surface area contributed by atoms with Gasteiger partial charge in [-0.2, -0.15) is 0 Å². The molecule has 0 saturated heterocycles. The number of para-hydroxylation sites is 1. The van der Waals surface area contributed by atoms with Crippen LogP contribution in [0.3, 0.4) is 0 Å². The van der Waals surface area contributed by atoms with Gasteiger partial charge >= 0.3 is 0 Å². The van der Waals surface area contributed by atoms with E-state index in [-0.39, 0.29) is 12.1 Å². The number of hydrogen-bond donors (Lipinski definition) is 2. The highest BCUT2D eigenvalue weighted by molar-refractivity contribution is 5.42. The monoisotopic (exact) mass is 285 g/mol. The Hall–Kier alpha value is -1.91. The average molecular weight is 285 g/mol. The second kappa shape index (κ2) is 6.70. The second-order valence-corrected chi connectivity index (χ2v) is 5.49. The highest BCUT2D eigenvalue weighted by Crippen LogP contribution is 2.30. The van der Waals surface area contributed by atoms with Crippen LogP contribution < -0.4 is 16.0 Å². The Kier molecular flexibility index (Phi) is 4.94. The Bertz CT molecular complexity index is 590. The fourth-order valence-electron chi connectivity index (χ4n) is 2.48. The predicted octanol–water partition coefficient (Wildman–Crippen LogP) is 3.04. The number of aryl methyl sites for hydroxylation is 2. The first-order valence-electron chi connectivity index (χ1n) is 7.18. The number of nitrogens with zero attached hydrogens (tertiary/aromatic N) is 1. The molecule has 1 aromatic carbocycles. The molecule has 0 fully saturated rings. The van der Waals surface area contributed by atoms with E-state index in [4.69, 9.17) is 10.6 Å². The van der Waals surface area contributed by atoms with Gasteiger partial charge in [-0.3, -0.25) is 10.8 Å². The van der Waals surface area contributed by atoms with Crippen molar-refractivity contribution in [1.29, 1.82) is 0 Å². The predicted molar refractivity (Wildman–Crippen MR) is 85.1 cm³/mol. The van der Waals surface area contributed by atoms with Crippen LogP contribution >= 0.6 is 0 Å². The summed E-state index contributed by atoms with van der Waals surface area (Å²) in [6, 6.07) is 11.9. The molecule has 0 radical (unpaired) electrons. The molecule has 3 N–H and O–H groups in total. The molecule has 4 heteroatoms. The summed E-state index contributed by atoms with van der Waals surface area (Å²) in [6.45, 7) is 8.01. The van der Waals surface area contributed by atoms with Crippen molar-refractivity contribution in [2.45, 2.75) is 39.8 Å². The fourth-order valence-corrected chi connectivity index (χ4v) is 2.48. The number of hydrogen-bond acceptors (Lipinski definition) is 4. The Labute approximate surface area is 126 Å². The summed E-state index contributed by atoms with van der Waals surface area (Å²) in [6.07, 6.45) is 0.116. The van der Waals surface area contributed by atoms with Crippen molar-refractivity contribution < 1.29 is 4.74 Å². The van der Waals surface area contributed by atoms with Crippen LogP contribution in [0.1, 0.15) is 42.4 Å². The van der Waals surface area contributed by atoms with Crippen molar-refractivity contribution in [2.75, 3.05) is 0 Å². The van der Waals surface area contributed by atoms with Crippen LogP contribution in [0.15, 0.2) is 36.4 Å². The molecule has 1 heterocycles. The Balaban J connectivity index is 2.46. The summed E-state index contributed by atoms with van der Waals surface area (Å²) in [4.78, 5) is 4.42. The van der Waals surface area contributed by atoms with Crippen molar-refractivity contribution in [2.24, 2.45) is 5.84 Å². The third kappa shape index (κ3) is 3.80. The van der Waals surface area contributed by atoms with E-state index >= 15 is 0 Å². The third-order valence-electron chi connectivity index (χ3n) is 3.20. The van der Waals surface area contributed by atoms with Crippen LogP contribution in [0.2, 0.25) is 0 Å². The summed E-state index contributed by atoms with van der Waals surface area (Å²) in [7, 11) is 0.